The van der Waals surface area contributed by atoms with Gasteiger partial charge in [-0.25, -0.2) is 0 Å². The lowest BCUT2D eigenvalue weighted by Crippen LogP contribution is -2.24. The third-order valence-corrected chi connectivity index (χ3v) is 3.99. The molecule has 0 unspecified atom stereocenters. The fourth-order valence-electron chi connectivity index (χ4n) is 2.71. The Bertz CT molecular complexity index is 758. The zero-order valence-corrected chi connectivity index (χ0v) is 13.6. The van der Waals surface area contributed by atoms with Crippen LogP contribution in [0.2, 0.25) is 0 Å². The number of anilines is 2. The predicted molar refractivity (Wildman–Crippen MR) is 93.3 cm³/mol. The highest BCUT2D eigenvalue weighted by Crippen LogP contribution is 2.25. The summed E-state index contributed by atoms with van der Waals surface area (Å²) in [6, 6.07) is 14.9. The highest BCUT2D eigenvalue weighted by molar-refractivity contribution is 5.95. The van der Waals surface area contributed by atoms with Crippen LogP contribution in [0.3, 0.4) is 0 Å². The first kappa shape index (κ1) is 16.1. The van der Waals surface area contributed by atoms with Crippen LogP contribution in [0.1, 0.15) is 18.4 Å². The number of benzene rings is 2. The number of rotatable bonds is 5. The summed E-state index contributed by atoms with van der Waals surface area (Å²) in [7, 11) is 0. The van der Waals surface area contributed by atoms with E-state index in [0.29, 0.717) is 12.2 Å². The first-order chi connectivity index (χ1) is 11.6. The Labute approximate surface area is 141 Å². The van der Waals surface area contributed by atoms with Crippen molar-refractivity contribution in [3.05, 3.63) is 54.1 Å². The zero-order valence-electron chi connectivity index (χ0n) is 13.6. The Morgan fingerprint density at radius 3 is 2.79 bits per heavy atom. The number of amides is 2. The highest BCUT2D eigenvalue weighted by Gasteiger charge is 2.21. The molecule has 1 saturated heterocycles. The van der Waals surface area contributed by atoms with E-state index in [1.807, 2.05) is 43.3 Å². The van der Waals surface area contributed by atoms with Crippen LogP contribution < -0.4 is 15.0 Å². The lowest BCUT2D eigenvalue weighted by atomic mass is 10.2. The van der Waals surface area contributed by atoms with Crippen LogP contribution in [0, 0.1) is 6.92 Å². The summed E-state index contributed by atoms with van der Waals surface area (Å²) < 4.78 is 5.57. The second kappa shape index (κ2) is 7.17. The van der Waals surface area contributed by atoms with Crippen molar-refractivity contribution >= 4 is 23.2 Å². The fraction of sp³-hybridized carbons (Fsp3) is 0.263. The van der Waals surface area contributed by atoms with Crippen molar-refractivity contribution in [3.8, 4) is 5.75 Å². The minimum Gasteiger partial charge on any atom is -0.484 e. The van der Waals surface area contributed by atoms with Gasteiger partial charge in [0.15, 0.2) is 6.61 Å². The van der Waals surface area contributed by atoms with Crippen molar-refractivity contribution in [1.82, 2.24) is 0 Å². The van der Waals surface area contributed by atoms with E-state index in [1.165, 1.54) is 0 Å². The van der Waals surface area contributed by atoms with Gasteiger partial charge >= 0.3 is 0 Å². The van der Waals surface area contributed by atoms with Crippen molar-refractivity contribution in [2.75, 3.05) is 23.4 Å². The van der Waals surface area contributed by atoms with Crippen LogP contribution in [0.15, 0.2) is 48.5 Å². The van der Waals surface area contributed by atoms with Gasteiger partial charge in [0.25, 0.3) is 5.91 Å². The van der Waals surface area contributed by atoms with Gasteiger partial charge in [-0.15, -0.1) is 0 Å². The van der Waals surface area contributed by atoms with E-state index in [0.717, 1.165) is 29.9 Å². The Balaban J connectivity index is 1.59. The van der Waals surface area contributed by atoms with E-state index < -0.39 is 0 Å². The SMILES string of the molecule is Cc1ccccc1NC(=O)COc1cccc(N2CCCC2=O)c1. The van der Waals surface area contributed by atoms with Crippen LogP contribution in [-0.2, 0) is 9.59 Å². The number of nitrogens with one attached hydrogen (secondary N) is 1. The van der Waals surface area contributed by atoms with E-state index in [9.17, 15) is 9.59 Å². The quantitative estimate of drug-likeness (QED) is 0.919. The Hall–Kier alpha value is -2.82. The molecule has 0 spiro atoms. The molecule has 0 bridgehead atoms. The number of ether oxygens (including phenoxy) is 1. The maximum absolute atomic E-state index is 12.0. The second-order valence-electron chi connectivity index (χ2n) is 5.80. The summed E-state index contributed by atoms with van der Waals surface area (Å²) in [6.07, 6.45) is 1.46. The van der Waals surface area contributed by atoms with Crippen LogP contribution >= 0.6 is 0 Å². The molecule has 2 amide bonds. The van der Waals surface area contributed by atoms with Gasteiger partial charge in [0.1, 0.15) is 5.75 Å². The molecule has 1 aliphatic heterocycles. The molecule has 0 aromatic heterocycles. The second-order valence-corrected chi connectivity index (χ2v) is 5.80. The van der Waals surface area contributed by atoms with Crippen molar-refractivity contribution in [2.45, 2.75) is 19.8 Å². The van der Waals surface area contributed by atoms with Gasteiger partial charge in [-0.1, -0.05) is 24.3 Å². The summed E-state index contributed by atoms with van der Waals surface area (Å²) in [4.78, 5) is 25.6. The molecule has 1 N–H and O–H groups in total. The monoisotopic (exact) mass is 324 g/mol. The standard InChI is InChI=1S/C19H20N2O3/c1-14-6-2-3-9-17(14)20-18(22)13-24-16-8-4-7-15(12-16)21-11-5-10-19(21)23/h2-4,6-9,12H,5,10-11,13H2,1H3,(H,20,22). The largest absolute Gasteiger partial charge is 0.484 e. The molecular formula is C19H20N2O3. The smallest absolute Gasteiger partial charge is 0.262 e. The lowest BCUT2D eigenvalue weighted by Gasteiger charge is -2.16. The van der Waals surface area contributed by atoms with Crippen molar-refractivity contribution in [2.24, 2.45) is 0 Å². The summed E-state index contributed by atoms with van der Waals surface area (Å²) in [5.41, 5.74) is 2.59. The Kier molecular flexibility index (Phi) is 4.79. The fourth-order valence-corrected chi connectivity index (χ4v) is 2.71. The van der Waals surface area contributed by atoms with Gasteiger partial charge in [-0.3, -0.25) is 9.59 Å². The average Bonchev–Trinajstić information content (AvgIpc) is 3.01. The molecule has 1 heterocycles. The number of carbonyl (C=O) groups excluding carboxylic acids is 2. The molecule has 3 rings (SSSR count). The van der Waals surface area contributed by atoms with Gasteiger partial charge in [0, 0.05) is 30.4 Å². The molecule has 124 valence electrons. The number of hydrogen-bond donors (Lipinski definition) is 1. The molecule has 24 heavy (non-hydrogen) atoms. The minimum absolute atomic E-state index is 0.0776. The normalized spacial score (nSPS) is 13.9. The Morgan fingerprint density at radius 1 is 1.21 bits per heavy atom. The van der Waals surface area contributed by atoms with Gasteiger partial charge in [-0.2, -0.15) is 0 Å². The molecule has 0 saturated carbocycles. The van der Waals surface area contributed by atoms with Crippen molar-refractivity contribution in [1.29, 1.82) is 0 Å². The third-order valence-electron chi connectivity index (χ3n) is 3.99. The summed E-state index contributed by atoms with van der Waals surface area (Å²) in [6.45, 7) is 2.59. The lowest BCUT2D eigenvalue weighted by molar-refractivity contribution is -0.118. The van der Waals surface area contributed by atoms with Gasteiger partial charge in [-0.05, 0) is 37.1 Å². The Morgan fingerprint density at radius 2 is 2.04 bits per heavy atom. The highest BCUT2D eigenvalue weighted by atomic mass is 16.5. The van der Waals surface area contributed by atoms with Crippen LogP contribution in [0.4, 0.5) is 11.4 Å². The van der Waals surface area contributed by atoms with Crippen LogP contribution in [-0.4, -0.2) is 25.0 Å². The predicted octanol–water partition coefficient (Wildman–Crippen LogP) is 3.14. The van der Waals surface area contributed by atoms with Crippen LogP contribution in [0.5, 0.6) is 5.75 Å². The molecule has 1 aliphatic rings. The van der Waals surface area contributed by atoms with Gasteiger partial charge in [0.05, 0.1) is 0 Å². The van der Waals surface area contributed by atoms with E-state index in [4.69, 9.17) is 4.74 Å². The van der Waals surface area contributed by atoms with E-state index >= 15 is 0 Å². The molecule has 2 aromatic rings. The minimum atomic E-state index is -0.216. The molecule has 1 fully saturated rings. The summed E-state index contributed by atoms with van der Waals surface area (Å²) in [5.74, 6) is 0.489. The maximum atomic E-state index is 12.0. The summed E-state index contributed by atoms with van der Waals surface area (Å²) in [5, 5.41) is 2.83. The molecule has 5 heteroatoms. The molecule has 2 aromatic carbocycles. The maximum Gasteiger partial charge on any atom is 0.262 e. The van der Waals surface area contributed by atoms with Crippen molar-refractivity contribution < 1.29 is 14.3 Å². The third kappa shape index (κ3) is 3.74. The van der Waals surface area contributed by atoms with Gasteiger partial charge < -0.3 is 15.0 Å². The van der Waals surface area contributed by atoms with Gasteiger partial charge in [0.2, 0.25) is 5.91 Å². The number of carbonyl (C=O) groups is 2. The number of nitrogens with zero attached hydrogens (tertiary/aromatic N) is 1. The van der Waals surface area contributed by atoms with E-state index in [1.54, 1.807) is 17.0 Å². The number of aryl methyl sites for hydroxylation is 1. The summed E-state index contributed by atoms with van der Waals surface area (Å²) >= 11 is 0. The molecule has 0 aliphatic carbocycles. The topological polar surface area (TPSA) is 58.6 Å². The van der Waals surface area contributed by atoms with Crippen molar-refractivity contribution in [3.63, 3.8) is 0 Å². The zero-order chi connectivity index (χ0) is 16.9. The number of para-hydroxylation sites is 1. The molecule has 0 atom stereocenters. The number of hydrogen-bond acceptors (Lipinski definition) is 3. The molecule has 0 radical (unpaired) electrons. The first-order valence-electron chi connectivity index (χ1n) is 8.02. The molecule has 5 nitrogen and oxygen atoms in total. The van der Waals surface area contributed by atoms with E-state index in [-0.39, 0.29) is 18.4 Å². The molecular weight excluding hydrogens is 304 g/mol. The van der Waals surface area contributed by atoms with E-state index in [2.05, 4.69) is 5.32 Å². The average molecular weight is 324 g/mol. The first-order valence-corrected chi connectivity index (χ1v) is 8.02. The van der Waals surface area contributed by atoms with Crippen LogP contribution in [0.25, 0.3) is 0 Å².